The first kappa shape index (κ1) is 12.4. The van der Waals surface area contributed by atoms with Gasteiger partial charge in [-0.2, -0.15) is 0 Å². The first-order chi connectivity index (χ1) is 7.04. The minimum absolute atomic E-state index is 0.160. The predicted molar refractivity (Wildman–Crippen MR) is 65.4 cm³/mol. The standard InChI is InChI=1S/C11H17BrN2O/c1-8(2)10(4-12)7-14-6-9(3)5-13-11(14)15/h5-6,8,10H,4,7H2,1-3H3. The highest BCUT2D eigenvalue weighted by Gasteiger charge is 2.13. The van der Waals surface area contributed by atoms with E-state index in [9.17, 15) is 4.79 Å². The molecule has 0 N–H and O–H groups in total. The average Bonchev–Trinajstić information content (AvgIpc) is 2.18. The van der Waals surface area contributed by atoms with E-state index in [4.69, 9.17) is 0 Å². The third-order valence-corrected chi connectivity index (χ3v) is 3.39. The Balaban J connectivity index is 2.87. The number of rotatable bonds is 4. The maximum absolute atomic E-state index is 11.5. The van der Waals surface area contributed by atoms with Gasteiger partial charge in [-0.1, -0.05) is 29.8 Å². The summed E-state index contributed by atoms with van der Waals surface area (Å²) in [5.41, 5.74) is 0.860. The molecule has 0 aliphatic rings. The first-order valence-electron chi connectivity index (χ1n) is 5.13. The quantitative estimate of drug-likeness (QED) is 0.788. The summed E-state index contributed by atoms with van der Waals surface area (Å²) in [6, 6.07) is 0. The highest BCUT2D eigenvalue weighted by atomic mass is 79.9. The van der Waals surface area contributed by atoms with E-state index in [2.05, 4.69) is 34.8 Å². The van der Waals surface area contributed by atoms with Crippen LogP contribution < -0.4 is 5.69 Å². The second kappa shape index (κ2) is 5.45. The van der Waals surface area contributed by atoms with Gasteiger partial charge in [0.25, 0.3) is 0 Å². The van der Waals surface area contributed by atoms with Gasteiger partial charge in [-0.3, -0.25) is 4.57 Å². The highest BCUT2D eigenvalue weighted by Crippen LogP contribution is 2.15. The molecule has 0 saturated carbocycles. The Morgan fingerprint density at radius 3 is 2.73 bits per heavy atom. The lowest BCUT2D eigenvalue weighted by molar-refractivity contribution is 0.365. The zero-order valence-electron chi connectivity index (χ0n) is 9.40. The van der Waals surface area contributed by atoms with Crippen LogP contribution in [0.3, 0.4) is 0 Å². The summed E-state index contributed by atoms with van der Waals surface area (Å²) in [6.45, 7) is 7.01. The average molecular weight is 273 g/mol. The largest absolute Gasteiger partial charge is 0.347 e. The number of alkyl halides is 1. The molecule has 0 radical (unpaired) electrons. The lowest BCUT2D eigenvalue weighted by Crippen LogP contribution is -2.28. The van der Waals surface area contributed by atoms with Crippen LogP contribution in [0.15, 0.2) is 17.2 Å². The molecule has 1 aromatic heterocycles. The molecular weight excluding hydrogens is 256 g/mol. The number of aromatic nitrogens is 2. The molecule has 1 unspecified atom stereocenters. The summed E-state index contributed by atoms with van der Waals surface area (Å²) >= 11 is 3.48. The minimum atomic E-state index is -0.160. The van der Waals surface area contributed by atoms with Crippen molar-refractivity contribution in [2.75, 3.05) is 5.33 Å². The summed E-state index contributed by atoms with van der Waals surface area (Å²) in [7, 11) is 0. The molecule has 3 nitrogen and oxygen atoms in total. The molecule has 0 fully saturated rings. The van der Waals surface area contributed by atoms with Gasteiger partial charge in [-0.15, -0.1) is 0 Å². The molecular formula is C11H17BrN2O. The fourth-order valence-corrected chi connectivity index (χ4v) is 2.34. The van der Waals surface area contributed by atoms with Crippen molar-refractivity contribution in [1.82, 2.24) is 9.55 Å². The van der Waals surface area contributed by atoms with Crippen molar-refractivity contribution < 1.29 is 0 Å². The molecule has 1 heterocycles. The second-order valence-corrected chi connectivity index (χ2v) is 4.87. The zero-order valence-corrected chi connectivity index (χ0v) is 11.0. The molecule has 4 heteroatoms. The maximum atomic E-state index is 11.5. The molecule has 0 saturated heterocycles. The van der Waals surface area contributed by atoms with Crippen molar-refractivity contribution in [2.45, 2.75) is 27.3 Å². The number of nitrogens with zero attached hydrogens (tertiary/aromatic N) is 2. The number of hydrogen-bond acceptors (Lipinski definition) is 2. The zero-order chi connectivity index (χ0) is 11.4. The Morgan fingerprint density at radius 2 is 2.20 bits per heavy atom. The molecule has 0 bridgehead atoms. The number of hydrogen-bond donors (Lipinski definition) is 0. The van der Waals surface area contributed by atoms with Crippen molar-refractivity contribution in [3.05, 3.63) is 28.4 Å². The maximum Gasteiger partial charge on any atom is 0.347 e. The van der Waals surface area contributed by atoms with Gasteiger partial charge in [0, 0.05) is 24.3 Å². The lowest BCUT2D eigenvalue weighted by Gasteiger charge is -2.19. The Kier molecular flexibility index (Phi) is 4.51. The van der Waals surface area contributed by atoms with Crippen LogP contribution in [0, 0.1) is 18.8 Å². The van der Waals surface area contributed by atoms with E-state index in [0.29, 0.717) is 11.8 Å². The Labute approximate surface area is 98.7 Å². The van der Waals surface area contributed by atoms with Crippen LogP contribution >= 0.6 is 15.9 Å². The summed E-state index contributed by atoms with van der Waals surface area (Å²) in [5.74, 6) is 1.02. The van der Waals surface area contributed by atoms with E-state index >= 15 is 0 Å². The molecule has 84 valence electrons. The van der Waals surface area contributed by atoms with E-state index in [-0.39, 0.29) is 5.69 Å². The molecule has 1 atom stereocenters. The van der Waals surface area contributed by atoms with Crippen molar-refractivity contribution in [2.24, 2.45) is 11.8 Å². The molecule has 1 aromatic rings. The van der Waals surface area contributed by atoms with Crippen LogP contribution in [0.1, 0.15) is 19.4 Å². The topological polar surface area (TPSA) is 34.9 Å². The van der Waals surface area contributed by atoms with Gasteiger partial charge < -0.3 is 0 Å². The van der Waals surface area contributed by atoms with Crippen LogP contribution in [0.5, 0.6) is 0 Å². The third kappa shape index (κ3) is 3.45. The minimum Gasteiger partial charge on any atom is -0.299 e. The van der Waals surface area contributed by atoms with Gasteiger partial charge in [0.15, 0.2) is 0 Å². The van der Waals surface area contributed by atoms with Gasteiger partial charge in [-0.05, 0) is 24.3 Å². The fraction of sp³-hybridized carbons (Fsp3) is 0.636. The van der Waals surface area contributed by atoms with Gasteiger partial charge in [0.2, 0.25) is 0 Å². The number of halogens is 1. The fourth-order valence-electron chi connectivity index (χ4n) is 1.39. The summed E-state index contributed by atoms with van der Waals surface area (Å²) < 4.78 is 1.70. The predicted octanol–water partition coefficient (Wildman–Crippen LogP) is 2.22. The first-order valence-corrected chi connectivity index (χ1v) is 6.25. The lowest BCUT2D eigenvalue weighted by atomic mass is 9.98. The van der Waals surface area contributed by atoms with E-state index < -0.39 is 0 Å². The normalized spacial score (nSPS) is 13.1. The van der Waals surface area contributed by atoms with E-state index in [1.165, 1.54) is 0 Å². The van der Waals surface area contributed by atoms with Crippen molar-refractivity contribution in [3.63, 3.8) is 0 Å². The smallest absolute Gasteiger partial charge is 0.299 e. The van der Waals surface area contributed by atoms with Gasteiger partial charge in [0.1, 0.15) is 0 Å². The monoisotopic (exact) mass is 272 g/mol. The van der Waals surface area contributed by atoms with E-state index in [0.717, 1.165) is 17.4 Å². The Morgan fingerprint density at radius 1 is 1.53 bits per heavy atom. The van der Waals surface area contributed by atoms with Crippen LogP contribution in [0.25, 0.3) is 0 Å². The molecule has 1 rings (SSSR count). The SMILES string of the molecule is Cc1cnc(=O)n(CC(CBr)C(C)C)c1. The number of aryl methyl sites for hydroxylation is 1. The van der Waals surface area contributed by atoms with Crippen molar-refractivity contribution in [1.29, 1.82) is 0 Å². The van der Waals surface area contributed by atoms with Crippen molar-refractivity contribution in [3.8, 4) is 0 Å². The molecule has 15 heavy (non-hydrogen) atoms. The van der Waals surface area contributed by atoms with Crippen LogP contribution in [-0.2, 0) is 6.54 Å². The van der Waals surface area contributed by atoms with Gasteiger partial charge >= 0.3 is 5.69 Å². The van der Waals surface area contributed by atoms with E-state index in [1.807, 2.05) is 13.1 Å². The van der Waals surface area contributed by atoms with Crippen LogP contribution in [0.4, 0.5) is 0 Å². The molecule has 0 aliphatic heterocycles. The molecule has 0 spiro atoms. The van der Waals surface area contributed by atoms with Crippen molar-refractivity contribution >= 4 is 15.9 Å². The highest BCUT2D eigenvalue weighted by molar-refractivity contribution is 9.09. The van der Waals surface area contributed by atoms with Crippen LogP contribution in [-0.4, -0.2) is 14.9 Å². The summed E-state index contributed by atoms with van der Waals surface area (Å²) in [5, 5.41) is 0.908. The molecule has 0 aromatic carbocycles. The summed E-state index contributed by atoms with van der Waals surface area (Å²) in [4.78, 5) is 15.3. The van der Waals surface area contributed by atoms with E-state index in [1.54, 1.807) is 10.8 Å². The Hall–Kier alpha value is -0.640. The third-order valence-electron chi connectivity index (χ3n) is 2.56. The van der Waals surface area contributed by atoms with Crippen LogP contribution in [0.2, 0.25) is 0 Å². The van der Waals surface area contributed by atoms with Gasteiger partial charge in [-0.25, -0.2) is 9.78 Å². The molecule has 0 aliphatic carbocycles. The summed E-state index contributed by atoms with van der Waals surface area (Å²) in [6.07, 6.45) is 3.48. The van der Waals surface area contributed by atoms with Gasteiger partial charge in [0.05, 0.1) is 0 Å². The molecule has 0 amide bonds. The second-order valence-electron chi connectivity index (χ2n) is 4.22. The Bertz CT molecular complexity index is 373.